The van der Waals surface area contributed by atoms with Gasteiger partial charge in [-0.15, -0.1) is 5.10 Å². The van der Waals surface area contributed by atoms with Crippen molar-refractivity contribution in [2.24, 2.45) is 0 Å². The highest BCUT2D eigenvalue weighted by atomic mass is 19.4. The minimum absolute atomic E-state index is 0.0214. The van der Waals surface area contributed by atoms with Crippen molar-refractivity contribution >= 4 is 12.0 Å². The van der Waals surface area contributed by atoms with E-state index in [1.54, 1.807) is 0 Å². The second-order valence-electron chi connectivity index (χ2n) is 8.18. The van der Waals surface area contributed by atoms with Gasteiger partial charge in [0.2, 0.25) is 0 Å². The van der Waals surface area contributed by atoms with E-state index in [1.807, 2.05) is 0 Å². The van der Waals surface area contributed by atoms with Crippen LogP contribution in [0.25, 0.3) is 5.69 Å². The van der Waals surface area contributed by atoms with E-state index in [-0.39, 0.29) is 13.1 Å². The van der Waals surface area contributed by atoms with Gasteiger partial charge in [0.25, 0.3) is 5.91 Å². The van der Waals surface area contributed by atoms with Crippen LogP contribution in [0.1, 0.15) is 35.9 Å². The molecule has 0 aliphatic carbocycles. The van der Waals surface area contributed by atoms with Crippen LogP contribution in [0, 0.1) is 5.82 Å². The lowest BCUT2D eigenvalue weighted by Crippen LogP contribution is -2.60. The van der Waals surface area contributed by atoms with E-state index < -0.39 is 58.8 Å². The number of ether oxygens (including phenoxy) is 1. The maximum atomic E-state index is 15.0. The molecule has 3 heterocycles. The number of nitrogens with zero attached hydrogens (tertiary/aromatic N) is 4. The zero-order valence-electron chi connectivity index (χ0n) is 17.9. The number of carbonyl (C=O) groups excluding carboxylic acids is 1. The van der Waals surface area contributed by atoms with Crippen LogP contribution >= 0.6 is 0 Å². The predicted octanol–water partition coefficient (Wildman–Crippen LogP) is 1.93. The standard InChI is InChI=1S/C20H21F4N5O5/c1-10(20(22,23)24)34-15-7-14(29-18(31)28-5-3-2-4-16(28)26-29)13(21)6-12(15)17(30)25-11-8-27(9-11)19(32)33/h6-7,10-11H,2-5,8-9H2,1H3,(H,25,30)(H,32,33)/t10-/m0/s1. The molecule has 10 nitrogen and oxygen atoms in total. The summed E-state index contributed by atoms with van der Waals surface area (Å²) in [6.45, 7) is 1.07. The first kappa shape index (κ1) is 23.6. The fourth-order valence-corrected chi connectivity index (χ4v) is 3.78. The molecule has 0 unspecified atom stereocenters. The molecule has 2 aliphatic heterocycles. The Morgan fingerprint density at radius 1 is 1.26 bits per heavy atom. The predicted molar refractivity (Wildman–Crippen MR) is 108 cm³/mol. The van der Waals surface area contributed by atoms with Gasteiger partial charge < -0.3 is 20.1 Å². The first-order valence-electron chi connectivity index (χ1n) is 10.5. The molecular weight excluding hydrogens is 466 g/mol. The Balaban J connectivity index is 1.69. The smallest absolute Gasteiger partial charge is 0.425 e. The Labute approximate surface area is 189 Å². The summed E-state index contributed by atoms with van der Waals surface area (Å²) >= 11 is 0. The summed E-state index contributed by atoms with van der Waals surface area (Å²) in [5.74, 6) is -2.17. The van der Waals surface area contributed by atoms with E-state index in [4.69, 9.17) is 9.84 Å². The molecule has 2 N–H and O–H groups in total. The molecule has 184 valence electrons. The summed E-state index contributed by atoms with van der Waals surface area (Å²) in [7, 11) is 0. The molecule has 1 atom stereocenters. The van der Waals surface area contributed by atoms with Crippen LogP contribution in [0.15, 0.2) is 16.9 Å². The first-order chi connectivity index (χ1) is 16.0. The normalized spacial score (nSPS) is 17.0. The van der Waals surface area contributed by atoms with Crippen molar-refractivity contribution in [1.82, 2.24) is 24.6 Å². The molecule has 1 saturated heterocycles. The molecule has 1 aromatic heterocycles. The number of aromatic nitrogens is 3. The summed E-state index contributed by atoms with van der Waals surface area (Å²) in [6, 6.07) is 0.931. The Kier molecular flexibility index (Phi) is 6.00. The maximum absolute atomic E-state index is 15.0. The molecular formula is C20H21F4N5O5. The maximum Gasteiger partial charge on any atom is 0.425 e. The van der Waals surface area contributed by atoms with E-state index in [1.165, 1.54) is 4.57 Å². The van der Waals surface area contributed by atoms with Crippen LogP contribution < -0.4 is 15.7 Å². The monoisotopic (exact) mass is 487 g/mol. The van der Waals surface area contributed by atoms with Crippen LogP contribution in [0.5, 0.6) is 5.75 Å². The van der Waals surface area contributed by atoms with Gasteiger partial charge in [-0.1, -0.05) is 0 Å². The van der Waals surface area contributed by atoms with Gasteiger partial charge >= 0.3 is 18.0 Å². The van der Waals surface area contributed by atoms with Gasteiger partial charge in [0.15, 0.2) is 6.10 Å². The van der Waals surface area contributed by atoms with Gasteiger partial charge in [-0.05, 0) is 25.8 Å². The van der Waals surface area contributed by atoms with E-state index in [0.29, 0.717) is 24.9 Å². The van der Waals surface area contributed by atoms with E-state index >= 15 is 4.39 Å². The molecule has 0 bridgehead atoms. The number of likely N-dealkylation sites (tertiary alicyclic amines) is 1. The van der Waals surface area contributed by atoms with Gasteiger partial charge in [-0.3, -0.25) is 9.36 Å². The van der Waals surface area contributed by atoms with Gasteiger partial charge in [0, 0.05) is 32.1 Å². The van der Waals surface area contributed by atoms with Gasteiger partial charge in [0.05, 0.1) is 11.6 Å². The van der Waals surface area contributed by atoms with Gasteiger partial charge in [-0.2, -0.15) is 17.9 Å². The van der Waals surface area contributed by atoms with Crippen LogP contribution in [-0.2, 0) is 13.0 Å². The van der Waals surface area contributed by atoms with E-state index in [9.17, 15) is 27.6 Å². The average molecular weight is 487 g/mol. The van der Waals surface area contributed by atoms with E-state index in [0.717, 1.165) is 35.4 Å². The molecule has 1 aromatic carbocycles. The zero-order valence-corrected chi connectivity index (χ0v) is 17.9. The highest BCUT2D eigenvalue weighted by Gasteiger charge is 2.39. The van der Waals surface area contributed by atoms with Crippen LogP contribution in [0.4, 0.5) is 22.4 Å². The highest BCUT2D eigenvalue weighted by Crippen LogP contribution is 2.31. The number of benzene rings is 1. The Morgan fingerprint density at radius 2 is 1.97 bits per heavy atom. The van der Waals surface area contributed by atoms with Gasteiger partial charge in [0.1, 0.15) is 23.1 Å². The number of rotatable bonds is 5. The third-order valence-electron chi connectivity index (χ3n) is 5.75. The molecule has 4 rings (SSSR count). The third-order valence-corrected chi connectivity index (χ3v) is 5.75. The largest absolute Gasteiger partial charge is 0.480 e. The summed E-state index contributed by atoms with van der Waals surface area (Å²) in [4.78, 5) is 37.3. The number of fused-ring (bicyclic) bond motifs is 1. The third kappa shape index (κ3) is 4.43. The number of amides is 2. The molecule has 2 aliphatic rings. The van der Waals surface area contributed by atoms with E-state index in [2.05, 4.69) is 10.4 Å². The van der Waals surface area contributed by atoms with Crippen molar-refractivity contribution in [3.8, 4) is 11.4 Å². The second kappa shape index (κ2) is 8.65. The zero-order chi connectivity index (χ0) is 24.8. The number of aryl methyl sites for hydroxylation is 1. The Morgan fingerprint density at radius 3 is 2.59 bits per heavy atom. The van der Waals surface area contributed by atoms with Gasteiger partial charge in [-0.25, -0.2) is 14.0 Å². The lowest BCUT2D eigenvalue weighted by molar-refractivity contribution is -0.189. The van der Waals surface area contributed by atoms with Crippen molar-refractivity contribution in [3.63, 3.8) is 0 Å². The summed E-state index contributed by atoms with van der Waals surface area (Å²) in [5, 5.41) is 15.4. The molecule has 0 saturated carbocycles. The fraction of sp³-hybridized carbons (Fsp3) is 0.500. The van der Waals surface area contributed by atoms with Crippen LogP contribution in [0.3, 0.4) is 0 Å². The van der Waals surface area contributed by atoms with Crippen LogP contribution in [-0.4, -0.2) is 67.8 Å². The topological polar surface area (TPSA) is 119 Å². The quantitative estimate of drug-likeness (QED) is 0.623. The first-order valence-corrected chi connectivity index (χ1v) is 10.5. The summed E-state index contributed by atoms with van der Waals surface area (Å²) < 4.78 is 61.6. The number of carbonyl (C=O) groups is 2. The minimum atomic E-state index is -4.78. The van der Waals surface area contributed by atoms with Crippen molar-refractivity contribution in [3.05, 3.63) is 39.8 Å². The molecule has 1 fully saturated rings. The number of carboxylic acid groups (broad SMARTS) is 1. The number of nitrogens with one attached hydrogen (secondary N) is 1. The minimum Gasteiger partial charge on any atom is -0.480 e. The fourth-order valence-electron chi connectivity index (χ4n) is 3.78. The number of hydrogen-bond donors (Lipinski definition) is 2. The second-order valence-corrected chi connectivity index (χ2v) is 8.18. The average Bonchev–Trinajstić information content (AvgIpc) is 3.06. The SMILES string of the molecule is C[C@H](Oc1cc(-n2nc3n(c2=O)CCCC3)c(F)cc1C(=O)NC1CN(C(=O)O)C1)C(F)(F)F. The summed E-state index contributed by atoms with van der Waals surface area (Å²) in [5.41, 5.74) is -1.62. The number of halogens is 4. The molecule has 0 radical (unpaired) electrons. The molecule has 0 spiro atoms. The van der Waals surface area contributed by atoms with Crippen molar-refractivity contribution in [2.75, 3.05) is 13.1 Å². The Bertz CT molecular complexity index is 1190. The highest BCUT2D eigenvalue weighted by molar-refractivity contribution is 5.97. The number of alkyl halides is 3. The lowest BCUT2D eigenvalue weighted by atomic mass is 10.1. The lowest BCUT2D eigenvalue weighted by Gasteiger charge is -2.37. The molecule has 34 heavy (non-hydrogen) atoms. The molecule has 2 aromatic rings. The number of hydrogen-bond acceptors (Lipinski definition) is 5. The van der Waals surface area contributed by atoms with Crippen molar-refractivity contribution in [2.45, 2.75) is 51.1 Å². The molecule has 2 amide bonds. The van der Waals surface area contributed by atoms with Crippen LogP contribution in [0.2, 0.25) is 0 Å². The Hall–Kier alpha value is -3.58. The van der Waals surface area contributed by atoms with Crippen molar-refractivity contribution in [1.29, 1.82) is 0 Å². The van der Waals surface area contributed by atoms with Crippen molar-refractivity contribution < 1.29 is 37.0 Å². The molecule has 14 heteroatoms. The summed E-state index contributed by atoms with van der Waals surface area (Å²) in [6.07, 6.45) is -6.28.